The standard InChI is InChI=1S/C11H19N3O3/c1-2-3-4-7(10(12)16)14-11(17)8-5-6-9(15)13-8/h7-8H,2-6H2,1H3,(H2,12,16)(H,13,15)(H,14,17)/t7-,8-/m0/s1. The van der Waals surface area contributed by atoms with Gasteiger partial charge in [-0.1, -0.05) is 19.8 Å². The molecule has 0 bridgehead atoms. The third-order valence-electron chi connectivity index (χ3n) is 2.82. The summed E-state index contributed by atoms with van der Waals surface area (Å²) >= 11 is 0. The van der Waals surface area contributed by atoms with Crippen LogP contribution in [0.2, 0.25) is 0 Å². The van der Waals surface area contributed by atoms with E-state index in [9.17, 15) is 14.4 Å². The van der Waals surface area contributed by atoms with E-state index in [0.29, 0.717) is 19.3 Å². The number of carbonyl (C=O) groups is 3. The Labute approximate surface area is 100 Å². The molecule has 0 aliphatic carbocycles. The molecule has 6 nitrogen and oxygen atoms in total. The van der Waals surface area contributed by atoms with Gasteiger partial charge in [0.25, 0.3) is 0 Å². The third-order valence-corrected chi connectivity index (χ3v) is 2.82. The molecule has 0 aromatic heterocycles. The average molecular weight is 241 g/mol. The number of unbranched alkanes of at least 4 members (excludes halogenated alkanes) is 1. The summed E-state index contributed by atoms with van der Waals surface area (Å²) < 4.78 is 0. The Morgan fingerprint density at radius 2 is 2.29 bits per heavy atom. The largest absolute Gasteiger partial charge is 0.368 e. The smallest absolute Gasteiger partial charge is 0.243 e. The lowest BCUT2D eigenvalue weighted by atomic mass is 10.1. The molecule has 0 aromatic rings. The molecule has 1 aliphatic rings. The Bertz CT molecular complexity index is 317. The van der Waals surface area contributed by atoms with Gasteiger partial charge >= 0.3 is 0 Å². The fraction of sp³-hybridized carbons (Fsp3) is 0.727. The van der Waals surface area contributed by atoms with Crippen molar-refractivity contribution in [1.82, 2.24) is 10.6 Å². The zero-order chi connectivity index (χ0) is 12.8. The van der Waals surface area contributed by atoms with Crippen LogP contribution in [0.1, 0.15) is 39.0 Å². The van der Waals surface area contributed by atoms with Crippen LogP contribution in [0, 0.1) is 0 Å². The minimum atomic E-state index is -0.639. The lowest BCUT2D eigenvalue weighted by Gasteiger charge is -2.17. The monoisotopic (exact) mass is 241 g/mol. The van der Waals surface area contributed by atoms with Gasteiger partial charge in [0.1, 0.15) is 12.1 Å². The van der Waals surface area contributed by atoms with Crippen molar-refractivity contribution in [2.24, 2.45) is 5.73 Å². The Morgan fingerprint density at radius 1 is 1.59 bits per heavy atom. The molecule has 6 heteroatoms. The van der Waals surface area contributed by atoms with Crippen LogP contribution in [-0.4, -0.2) is 29.8 Å². The predicted octanol–water partition coefficient (Wildman–Crippen LogP) is -0.575. The molecule has 4 N–H and O–H groups in total. The van der Waals surface area contributed by atoms with Crippen molar-refractivity contribution < 1.29 is 14.4 Å². The van der Waals surface area contributed by atoms with E-state index in [1.165, 1.54) is 0 Å². The van der Waals surface area contributed by atoms with E-state index in [1.807, 2.05) is 6.92 Å². The van der Waals surface area contributed by atoms with Crippen LogP contribution in [0.25, 0.3) is 0 Å². The summed E-state index contributed by atoms with van der Waals surface area (Å²) in [4.78, 5) is 33.8. The maximum Gasteiger partial charge on any atom is 0.243 e. The molecule has 1 aliphatic heterocycles. The Morgan fingerprint density at radius 3 is 2.76 bits per heavy atom. The Balaban J connectivity index is 2.46. The summed E-state index contributed by atoms with van der Waals surface area (Å²) in [6.07, 6.45) is 3.13. The average Bonchev–Trinajstić information content (AvgIpc) is 2.70. The highest BCUT2D eigenvalue weighted by Crippen LogP contribution is 2.08. The number of carbonyl (C=O) groups excluding carboxylic acids is 3. The number of amides is 3. The van der Waals surface area contributed by atoms with Crippen LogP contribution in [0.5, 0.6) is 0 Å². The van der Waals surface area contributed by atoms with Crippen molar-refractivity contribution in [3.05, 3.63) is 0 Å². The second kappa shape index (κ2) is 6.22. The van der Waals surface area contributed by atoms with Crippen LogP contribution in [0.15, 0.2) is 0 Å². The minimum Gasteiger partial charge on any atom is -0.368 e. The van der Waals surface area contributed by atoms with Crippen LogP contribution in [0.3, 0.4) is 0 Å². The van der Waals surface area contributed by atoms with E-state index in [0.717, 1.165) is 12.8 Å². The maximum absolute atomic E-state index is 11.7. The maximum atomic E-state index is 11.7. The number of hydrogen-bond donors (Lipinski definition) is 3. The molecule has 3 amide bonds. The first-order valence-corrected chi connectivity index (χ1v) is 5.93. The van der Waals surface area contributed by atoms with Crippen molar-refractivity contribution in [1.29, 1.82) is 0 Å². The molecule has 2 atom stereocenters. The highest BCUT2D eigenvalue weighted by Gasteiger charge is 2.29. The van der Waals surface area contributed by atoms with E-state index in [1.54, 1.807) is 0 Å². The van der Waals surface area contributed by atoms with Gasteiger partial charge in [0, 0.05) is 6.42 Å². The molecular formula is C11H19N3O3. The van der Waals surface area contributed by atoms with Gasteiger partial charge in [-0.25, -0.2) is 0 Å². The molecule has 1 heterocycles. The summed E-state index contributed by atoms with van der Waals surface area (Å²) in [5.41, 5.74) is 5.21. The molecule has 17 heavy (non-hydrogen) atoms. The van der Waals surface area contributed by atoms with Gasteiger partial charge in [0.05, 0.1) is 0 Å². The van der Waals surface area contributed by atoms with Gasteiger partial charge in [-0.2, -0.15) is 0 Å². The van der Waals surface area contributed by atoms with Crippen LogP contribution < -0.4 is 16.4 Å². The fourth-order valence-corrected chi connectivity index (χ4v) is 1.78. The molecular weight excluding hydrogens is 222 g/mol. The van der Waals surface area contributed by atoms with Gasteiger partial charge < -0.3 is 16.4 Å². The molecule has 0 radical (unpaired) electrons. The molecule has 1 saturated heterocycles. The highest BCUT2D eigenvalue weighted by molar-refractivity contribution is 5.93. The summed E-state index contributed by atoms with van der Waals surface area (Å²) in [6, 6.07) is -1.16. The minimum absolute atomic E-state index is 0.130. The van der Waals surface area contributed by atoms with E-state index >= 15 is 0 Å². The van der Waals surface area contributed by atoms with E-state index < -0.39 is 18.0 Å². The quantitative estimate of drug-likeness (QED) is 0.580. The SMILES string of the molecule is CCCC[C@H](NC(=O)[C@@H]1CCC(=O)N1)C(N)=O. The second-order valence-corrected chi connectivity index (χ2v) is 4.26. The molecule has 0 aromatic carbocycles. The topological polar surface area (TPSA) is 101 Å². The summed E-state index contributed by atoms with van der Waals surface area (Å²) in [6.45, 7) is 2.00. The van der Waals surface area contributed by atoms with Crippen molar-refractivity contribution in [2.75, 3.05) is 0 Å². The second-order valence-electron chi connectivity index (χ2n) is 4.26. The van der Waals surface area contributed by atoms with Gasteiger partial charge in [-0.3, -0.25) is 14.4 Å². The number of primary amides is 1. The first-order valence-electron chi connectivity index (χ1n) is 5.93. The van der Waals surface area contributed by atoms with Gasteiger partial charge in [-0.05, 0) is 12.8 Å². The zero-order valence-electron chi connectivity index (χ0n) is 9.99. The lowest BCUT2D eigenvalue weighted by Crippen LogP contribution is -2.50. The third kappa shape index (κ3) is 4.05. The van der Waals surface area contributed by atoms with Gasteiger partial charge in [0.15, 0.2) is 0 Å². The van der Waals surface area contributed by atoms with Crippen LogP contribution >= 0.6 is 0 Å². The van der Waals surface area contributed by atoms with E-state index in [2.05, 4.69) is 10.6 Å². The predicted molar refractivity (Wildman–Crippen MR) is 61.8 cm³/mol. The van der Waals surface area contributed by atoms with Crippen LogP contribution in [-0.2, 0) is 14.4 Å². The van der Waals surface area contributed by atoms with Crippen molar-refractivity contribution >= 4 is 17.7 Å². The molecule has 0 saturated carbocycles. The molecule has 0 unspecified atom stereocenters. The van der Waals surface area contributed by atoms with Gasteiger partial charge in [0.2, 0.25) is 17.7 Å². The Kier molecular flexibility index (Phi) is 4.93. The van der Waals surface area contributed by atoms with Gasteiger partial charge in [-0.15, -0.1) is 0 Å². The van der Waals surface area contributed by atoms with Crippen LogP contribution in [0.4, 0.5) is 0 Å². The summed E-state index contributed by atoms with van der Waals surface area (Å²) in [5, 5.41) is 5.14. The molecule has 96 valence electrons. The molecule has 1 fully saturated rings. The van der Waals surface area contributed by atoms with Crippen molar-refractivity contribution in [3.8, 4) is 0 Å². The number of rotatable bonds is 6. The number of nitrogens with two attached hydrogens (primary N) is 1. The Hall–Kier alpha value is -1.59. The number of hydrogen-bond acceptors (Lipinski definition) is 3. The molecule has 1 rings (SSSR count). The van der Waals surface area contributed by atoms with E-state index in [-0.39, 0.29) is 11.8 Å². The first kappa shape index (κ1) is 13.5. The normalized spacial score (nSPS) is 20.8. The first-order chi connectivity index (χ1) is 8.04. The van der Waals surface area contributed by atoms with Crippen molar-refractivity contribution in [3.63, 3.8) is 0 Å². The fourth-order valence-electron chi connectivity index (χ4n) is 1.78. The number of nitrogens with one attached hydrogen (secondary N) is 2. The highest BCUT2D eigenvalue weighted by atomic mass is 16.2. The summed E-state index contributed by atoms with van der Waals surface area (Å²) in [5.74, 6) is -0.985. The zero-order valence-corrected chi connectivity index (χ0v) is 9.99. The van der Waals surface area contributed by atoms with E-state index in [4.69, 9.17) is 5.73 Å². The molecule has 0 spiro atoms. The summed E-state index contributed by atoms with van der Waals surface area (Å²) in [7, 11) is 0. The lowest BCUT2D eigenvalue weighted by molar-refractivity contribution is -0.129. The van der Waals surface area contributed by atoms with Crippen molar-refractivity contribution in [2.45, 2.75) is 51.1 Å².